The standard InChI is InChI=1S/C23H27N3O4/c1-14-9-10-16(13-18(14)26(29)30)21-20(23(28)25-11-4-3-5-12-25)15(2)24-17-7-6-8-19(27)22(17)21/h9-10,13,21,24H,3-8,11-12H2,1-2H3/t21-/m1/s1. The zero-order valence-electron chi connectivity index (χ0n) is 17.5. The molecule has 7 nitrogen and oxygen atoms in total. The van der Waals surface area contributed by atoms with Gasteiger partial charge in [-0.1, -0.05) is 12.1 Å². The summed E-state index contributed by atoms with van der Waals surface area (Å²) >= 11 is 0. The summed E-state index contributed by atoms with van der Waals surface area (Å²) in [6.07, 6.45) is 5.01. The number of nitrogens with one attached hydrogen (secondary N) is 1. The summed E-state index contributed by atoms with van der Waals surface area (Å²) in [6, 6.07) is 5.07. The molecule has 7 heteroatoms. The molecule has 1 aromatic carbocycles. The SMILES string of the molecule is CC1=C(C(=O)N2CCCCC2)[C@@H](c2ccc(C)c([N+](=O)[O-])c2)C2=C(CCCC2=O)N1. The van der Waals surface area contributed by atoms with Crippen molar-refractivity contribution in [2.45, 2.75) is 58.3 Å². The second-order valence-electron chi connectivity index (χ2n) is 8.42. The van der Waals surface area contributed by atoms with Crippen LogP contribution >= 0.6 is 0 Å². The first-order valence-electron chi connectivity index (χ1n) is 10.7. The Hall–Kier alpha value is -2.96. The number of aryl methyl sites for hydroxylation is 1. The van der Waals surface area contributed by atoms with Crippen LogP contribution in [-0.2, 0) is 9.59 Å². The summed E-state index contributed by atoms with van der Waals surface area (Å²) in [5.74, 6) is -0.617. The van der Waals surface area contributed by atoms with Gasteiger partial charge in [-0.25, -0.2) is 0 Å². The van der Waals surface area contributed by atoms with E-state index < -0.39 is 10.8 Å². The number of rotatable bonds is 3. The van der Waals surface area contributed by atoms with Crippen molar-refractivity contribution in [2.24, 2.45) is 0 Å². The van der Waals surface area contributed by atoms with E-state index in [1.54, 1.807) is 13.0 Å². The molecule has 0 radical (unpaired) electrons. The van der Waals surface area contributed by atoms with E-state index in [1.165, 1.54) is 6.07 Å². The first kappa shape index (κ1) is 20.3. The number of carbonyl (C=O) groups is 2. The molecule has 2 heterocycles. The van der Waals surface area contributed by atoms with Gasteiger partial charge in [-0.15, -0.1) is 0 Å². The highest BCUT2D eigenvalue weighted by Gasteiger charge is 2.40. The highest BCUT2D eigenvalue weighted by atomic mass is 16.6. The molecule has 158 valence electrons. The number of carbonyl (C=O) groups excluding carboxylic acids is 2. The molecule has 3 aliphatic rings. The Labute approximate surface area is 176 Å². The monoisotopic (exact) mass is 409 g/mol. The maximum Gasteiger partial charge on any atom is 0.272 e. The molecule has 1 fully saturated rings. The molecule has 0 aromatic heterocycles. The number of benzene rings is 1. The van der Waals surface area contributed by atoms with E-state index in [1.807, 2.05) is 17.9 Å². The number of Topliss-reactive ketones (excluding diaryl/α,β-unsaturated/α-hetero) is 1. The lowest BCUT2D eigenvalue weighted by Crippen LogP contribution is -2.42. The number of nitro groups is 1. The van der Waals surface area contributed by atoms with Gasteiger partial charge < -0.3 is 10.2 Å². The van der Waals surface area contributed by atoms with E-state index >= 15 is 0 Å². The second-order valence-corrected chi connectivity index (χ2v) is 8.42. The summed E-state index contributed by atoms with van der Waals surface area (Å²) < 4.78 is 0. The minimum absolute atomic E-state index is 0.0128. The van der Waals surface area contributed by atoms with Crippen LogP contribution in [0.25, 0.3) is 0 Å². The molecule has 1 aromatic rings. The summed E-state index contributed by atoms with van der Waals surface area (Å²) in [5, 5.41) is 14.9. The van der Waals surface area contributed by atoms with Crippen molar-refractivity contribution in [1.82, 2.24) is 10.2 Å². The third-order valence-corrected chi connectivity index (χ3v) is 6.41. The van der Waals surface area contributed by atoms with Crippen molar-refractivity contribution in [2.75, 3.05) is 13.1 Å². The number of nitro benzene ring substituents is 1. The Morgan fingerprint density at radius 1 is 1.13 bits per heavy atom. The van der Waals surface area contributed by atoms with Crippen LogP contribution in [0.4, 0.5) is 5.69 Å². The number of likely N-dealkylation sites (tertiary alicyclic amines) is 1. The molecule has 2 aliphatic heterocycles. The number of amides is 1. The number of allylic oxidation sites excluding steroid dienone is 3. The smallest absolute Gasteiger partial charge is 0.272 e. The van der Waals surface area contributed by atoms with Crippen LogP contribution in [0.1, 0.15) is 62.5 Å². The summed E-state index contributed by atoms with van der Waals surface area (Å²) in [7, 11) is 0. The molecule has 1 saturated heterocycles. The lowest BCUT2D eigenvalue weighted by molar-refractivity contribution is -0.385. The van der Waals surface area contributed by atoms with Crippen LogP contribution in [-0.4, -0.2) is 34.6 Å². The van der Waals surface area contributed by atoms with E-state index in [9.17, 15) is 19.7 Å². The fourth-order valence-electron chi connectivity index (χ4n) is 4.87. The largest absolute Gasteiger partial charge is 0.362 e. The van der Waals surface area contributed by atoms with Crippen LogP contribution < -0.4 is 5.32 Å². The van der Waals surface area contributed by atoms with Gasteiger partial charge in [-0.3, -0.25) is 19.7 Å². The predicted octanol–water partition coefficient (Wildman–Crippen LogP) is 3.88. The lowest BCUT2D eigenvalue weighted by Gasteiger charge is -2.37. The van der Waals surface area contributed by atoms with E-state index in [-0.39, 0.29) is 17.4 Å². The quantitative estimate of drug-likeness (QED) is 0.604. The Morgan fingerprint density at radius 3 is 2.57 bits per heavy atom. The van der Waals surface area contributed by atoms with Crippen LogP contribution in [0.15, 0.2) is 40.7 Å². The van der Waals surface area contributed by atoms with Crippen molar-refractivity contribution in [3.63, 3.8) is 0 Å². The van der Waals surface area contributed by atoms with Gasteiger partial charge in [0.05, 0.1) is 4.92 Å². The van der Waals surface area contributed by atoms with Crippen molar-refractivity contribution >= 4 is 17.4 Å². The third-order valence-electron chi connectivity index (χ3n) is 6.41. The van der Waals surface area contributed by atoms with Crippen LogP contribution in [0, 0.1) is 17.0 Å². The first-order chi connectivity index (χ1) is 14.4. The van der Waals surface area contributed by atoms with Gasteiger partial charge in [-0.05, 0) is 51.5 Å². The second kappa shape index (κ2) is 8.05. The molecule has 1 atom stereocenters. The van der Waals surface area contributed by atoms with Gasteiger partial charge in [-0.2, -0.15) is 0 Å². The zero-order chi connectivity index (χ0) is 21.4. The predicted molar refractivity (Wildman–Crippen MR) is 113 cm³/mol. The van der Waals surface area contributed by atoms with Crippen molar-refractivity contribution < 1.29 is 14.5 Å². The Balaban J connectivity index is 1.86. The van der Waals surface area contributed by atoms with E-state index in [2.05, 4.69) is 5.32 Å². The molecule has 0 unspecified atom stereocenters. The number of nitrogens with zero attached hydrogens (tertiary/aromatic N) is 2. The molecule has 0 bridgehead atoms. The molecular formula is C23H27N3O4. The number of ketones is 1. The minimum atomic E-state index is -0.567. The fraction of sp³-hybridized carbons (Fsp3) is 0.478. The third kappa shape index (κ3) is 3.53. The lowest BCUT2D eigenvalue weighted by atomic mass is 9.74. The van der Waals surface area contributed by atoms with Gasteiger partial charge >= 0.3 is 0 Å². The number of hydrogen-bond acceptors (Lipinski definition) is 5. The minimum Gasteiger partial charge on any atom is -0.362 e. The van der Waals surface area contributed by atoms with E-state index in [0.29, 0.717) is 41.8 Å². The molecule has 1 amide bonds. The van der Waals surface area contributed by atoms with Gasteiger partial charge in [0.15, 0.2) is 5.78 Å². The van der Waals surface area contributed by atoms with Gasteiger partial charge in [0.1, 0.15) is 0 Å². The van der Waals surface area contributed by atoms with Crippen LogP contribution in [0.3, 0.4) is 0 Å². The van der Waals surface area contributed by atoms with E-state index in [4.69, 9.17) is 0 Å². The van der Waals surface area contributed by atoms with Gasteiger partial charge in [0, 0.05) is 59.6 Å². The summed E-state index contributed by atoms with van der Waals surface area (Å²) in [5.41, 5.74) is 3.95. The fourth-order valence-corrected chi connectivity index (χ4v) is 4.87. The van der Waals surface area contributed by atoms with Crippen LogP contribution in [0.5, 0.6) is 0 Å². The normalized spacial score (nSPS) is 22.0. The maximum absolute atomic E-state index is 13.6. The molecule has 1 aliphatic carbocycles. The Morgan fingerprint density at radius 2 is 1.87 bits per heavy atom. The average molecular weight is 409 g/mol. The maximum atomic E-state index is 13.6. The van der Waals surface area contributed by atoms with Crippen molar-refractivity contribution in [3.05, 3.63) is 62.0 Å². The van der Waals surface area contributed by atoms with Gasteiger partial charge in [0.2, 0.25) is 0 Å². The van der Waals surface area contributed by atoms with Crippen LogP contribution in [0.2, 0.25) is 0 Å². The summed E-state index contributed by atoms with van der Waals surface area (Å²) in [4.78, 5) is 39.6. The zero-order valence-corrected chi connectivity index (χ0v) is 17.5. The van der Waals surface area contributed by atoms with Gasteiger partial charge in [0.25, 0.3) is 11.6 Å². The summed E-state index contributed by atoms with van der Waals surface area (Å²) in [6.45, 7) is 4.98. The van der Waals surface area contributed by atoms with Crippen molar-refractivity contribution in [3.8, 4) is 0 Å². The number of dihydropyridines is 1. The van der Waals surface area contributed by atoms with E-state index in [0.717, 1.165) is 43.5 Å². The molecule has 4 rings (SSSR count). The number of piperidine rings is 1. The van der Waals surface area contributed by atoms with Crippen molar-refractivity contribution in [1.29, 1.82) is 0 Å². The topological polar surface area (TPSA) is 92.6 Å². The molecule has 30 heavy (non-hydrogen) atoms. The number of hydrogen-bond donors (Lipinski definition) is 1. The highest BCUT2D eigenvalue weighted by molar-refractivity contribution is 6.05. The first-order valence-corrected chi connectivity index (χ1v) is 10.7. The molecule has 0 saturated carbocycles. The Bertz CT molecular complexity index is 986. The molecular weight excluding hydrogens is 382 g/mol. The Kier molecular flexibility index (Phi) is 5.45. The highest BCUT2D eigenvalue weighted by Crippen LogP contribution is 2.43. The molecule has 0 spiro atoms. The molecule has 1 N–H and O–H groups in total. The average Bonchev–Trinajstić information content (AvgIpc) is 2.73.